The molecule has 2 heterocycles. The van der Waals surface area contributed by atoms with E-state index in [1.54, 1.807) is 13.8 Å². The van der Waals surface area contributed by atoms with Gasteiger partial charge in [-0.3, -0.25) is 13.9 Å². The monoisotopic (exact) mass is 688 g/mol. The Hall–Kier alpha value is -4.98. The highest BCUT2D eigenvalue weighted by Crippen LogP contribution is 2.28. The number of carbonyl (C=O) groups excluding carboxylic acids is 2. The van der Waals surface area contributed by atoms with Crippen molar-refractivity contribution in [1.82, 2.24) is 9.78 Å². The van der Waals surface area contributed by atoms with Crippen molar-refractivity contribution in [3.8, 4) is 11.6 Å². The fraction of sp³-hybridized carbons (Fsp3) is 0.172. The van der Waals surface area contributed by atoms with Gasteiger partial charge in [0, 0.05) is 0 Å². The Kier molecular flexibility index (Phi) is 10.9. The quantitative estimate of drug-likeness (QED) is 0.0447. The molecular formula is C29H28N4O12S2. The van der Waals surface area contributed by atoms with Gasteiger partial charge in [0.2, 0.25) is 5.88 Å². The maximum Gasteiger partial charge on any atom is 0.359 e. The molecule has 1 aromatic heterocycles. The fourth-order valence-corrected chi connectivity index (χ4v) is 5.04. The fourth-order valence-electron chi connectivity index (χ4n) is 4.08. The number of amides is 1. The number of aromatic hydroxyl groups is 1. The summed E-state index contributed by atoms with van der Waals surface area (Å²) >= 11 is 0. The number of hydrazone groups is 1. The number of aromatic nitrogens is 2. The molecule has 47 heavy (non-hydrogen) atoms. The zero-order valence-electron chi connectivity index (χ0n) is 24.7. The van der Waals surface area contributed by atoms with E-state index in [0.717, 1.165) is 34.0 Å². The van der Waals surface area contributed by atoms with E-state index in [4.69, 9.17) is 14.5 Å². The SMILES string of the molecule is CCOOCC1=NN(c2ccc(S(=O)(=O)O)cc2)C(=O)/C1=C\C=CC=Cc1c(C(=O)OCC)nn(-c2ccc(S(=O)(=O)O)cc2)c1O. The number of allylic oxidation sites excluding steroid dienone is 4. The first kappa shape index (κ1) is 34.9. The van der Waals surface area contributed by atoms with Crippen molar-refractivity contribution < 1.29 is 55.1 Å². The summed E-state index contributed by atoms with van der Waals surface area (Å²) in [6.07, 6.45) is 7.20. The Morgan fingerprint density at radius 3 is 2.00 bits per heavy atom. The molecule has 1 aliphatic heterocycles. The van der Waals surface area contributed by atoms with Crippen LogP contribution < -0.4 is 5.01 Å². The third-order valence-corrected chi connectivity index (χ3v) is 7.96. The van der Waals surface area contributed by atoms with E-state index in [9.17, 15) is 40.6 Å². The van der Waals surface area contributed by atoms with E-state index in [0.29, 0.717) is 0 Å². The van der Waals surface area contributed by atoms with Crippen molar-refractivity contribution in [1.29, 1.82) is 0 Å². The van der Waals surface area contributed by atoms with E-state index >= 15 is 0 Å². The van der Waals surface area contributed by atoms with Crippen molar-refractivity contribution in [3.63, 3.8) is 0 Å². The first-order chi connectivity index (χ1) is 22.3. The van der Waals surface area contributed by atoms with Gasteiger partial charge < -0.3 is 9.84 Å². The highest BCUT2D eigenvalue weighted by atomic mass is 32.2. The number of esters is 1. The van der Waals surface area contributed by atoms with Gasteiger partial charge in [0.05, 0.1) is 45.5 Å². The second-order valence-corrected chi connectivity index (χ2v) is 12.2. The van der Waals surface area contributed by atoms with Crippen LogP contribution in [0.15, 0.2) is 93.3 Å². The smallest absolute Gasteiger partial charge is 0.359 e. The van der Waals surface area contributed by atoms with E-state index in [1.807, 2.05) is 0 Å². The first-order valence-electron chi connectivity index (χ1n) is 13.6. The van der Waals surface area contributed by atoms with Crippen LogP contribution in [0.25, 0.3) is 11.8 Å². The molecule has 0 bridgehead atoms. The molecule has 0 unspecified atom stereocenters. The van der Waals surface area contributed by atoms with Crippen LogP contribution in [0.5, 0.6) is 5.88 Å². The Morgan fingerprint density at radius 2 is 1.45 bits per heavy atom. The first-order valence-corrected chi connectivity index (χ1v) is 16.5. The van der Waals surface area contributed by atoms with Crippen LogP contribution in [0.3, 0.4) is 0 Å². The van der Waals surface area contributed by atoms with Crippen molar-refractivity contribution in [3.05, 3.63) is 89.7 Å². The standard InChI is InChI=1S/C29H28N4O12S2/c1-3-43-29(36)26-24(28(35)33(31-26)20-12-16-22(17-13-20)47(40,41)42)9-7-5-6-8-23-25(18-45-44-4-2)30-32(27(23)34)19-10-14-21(15-11-19)46(37,38)39/h5-17,35H,3-4,18H2,1-2H3,(H,37,38,39)(H,40,41,42)/b6-5?,9-7?,23-8-. The average Bonchev–Trinajstić information content (AvgIpc) is 3.52. The van der Waals surface area contributed by atoms with Gasteiger partial charge in [0.1, 0.15) is 12.3 Å². The lowest BCUT2D eigenvalue weighted by Gasteiger charge is -2.11. The second kappa shape index (κ2) is 14.6. The number of hydrogen-bond acceptors (Lipinski definition) is 12. The molecule has 18 heteroatoms. The molecule has 0 fully saturated rings. The highest BCUT2D eigenvalue weighted by Gasteiger charge is 2.31. The average molecular weight is 689 g/mol. The van der Waals surface area contributed by atoms with Crippen LogP contribution in [0, 0.1) is 0 Å². The van der Waals surface area contributed by atoms with Crippen molar-refractivity contribution >= 4 is 49.6 Å². The third-order valence-electron chi connectivity index (χ3n) is 6.22. The molecule has 16 nitrogen and oxygen atoms in total. The largest absolute Gasteiger partial charge is 0.493 e. The molecule has 0 atom stereocenters. The molecule has 0 spiro atoms. The summed E-state index contributed by atoms with van der Waals surface area (Å²) in [5, 5.41) is 20.3. The van der Waals surface area contributed by atoms with E-state index in [1.165, 1.54) is 54.6 Å². The molecule has 3 aromatic rings. The number of ether oxygens (including phenoxy) is 1. The zero-order chi connectivity index (χ0) is 34.4. The Morgan fingerprint density at radius 1 is 0.851 bits per heavy atom. The van der Waals surface area contributed by atoms with E-state index in [2.05, 4.69) is 10.2 Å². The van der Waals surface area contributed by atoms with Crippen molar-refractivity contribution in [2.24, 2.45) is 5.10 Å². The van der Waals surface area contributed by atoms with Gasteiger partial charge in [-0.15, -0.1) is 0 Å². The molecule has 0 saturated heterocycles. The minimum absolute atomic E-state index is 0.0246. The van der Waals surface area contributed by atoms with Crippen LogP contribution in [-0.4, -0.2) is 78.2 Å². The molecule has 0 saturated carbocycles. The number of rotatable bonds is 13. The lowest BCUT2D eigenvalue weighted by molar-refractivity contribution is -0.279. The third kappa shape index (κ3) is 8.25. The number of anilines is 1. The summed E-state index contributed by atoms with van der Waals surface area (Å²) < 4.78 is 70.0. The second-order valence-electron chi connectivity index (χ2n) is 9.31. The van der Waals surface area contributed by atoms with Crippen LogP contribution in [0.1, 0.15) is 29.9 Å². The van der Waals surface area contributed by atoms with E-state index < -0.39 is 38.0 Å². The molecule has 1 amide bonds. The number of benzene rings is 2. The van der Waals surface area contributed by atoms with Crippen LogP contribution in [0.4, 0.5) is 5.69 Å². The Bertz CT molecular complexity index is 2000. The van der Waals surface area contributed by atoms with E-state index in [-0.39, 0.29) is 63.5 Å². The number of carbonyl (C=O) groups is 2. The van der Waals surface area contributed by atoms with Gasteiger partial charge >= 0.3 is 5.97 Å². The zero-order valence-corrected chi connectivity index (χ0v) is 26.4. The predicted molar refractivity (Wildman–Crippen MR) is 166 cm³/mol. The van der Waals surface area contributed by atoms with Gasteiger partial charge in [0.25, 0.3) is 26.1 Å². The summed E-state index contributed by atoms with van der Waals surface area (Å²) in [5.74, 6) is -1.88. The molecule has 3 N–H and O–H groups in total. The Labute approximate surface area is 268 Å². The lowest BCUT2D eigenvalue weighted by Crippen LogP contribution is -2.21. The topological polar surface area (TPSA) is 224 Å². The van der Waals surface area contributed by atoms with Crippen LogP contribution in [-0.2, 0) is 39.5 Å². The minimum Gasteiger partial charge on any atom is -0.493 e. The van der Waals surface area contributed by atoms with Crippen LogP contribution in [0.2, 0.25) is 0 Å². The van der Waals surface area contributed by atoms with Gasteiger partial charge in [0.15, 0.2) is 5.69 Å². The molecular weight excluding hydrogens is 660 g/mol. The maximum atomic E-state index is 13.2. The summed E-state index contributed by atoms with van der Waals surface area (Å²) in [6.45, 7) is 3.35. The van der Waals surface area contributed by atoms with Gasteiger partial charge in [-0.2, -0.15) is 36.7 Å². The minimum atomic E-state index is -4.46. The number of hydrogen-bond donors (Lipinski definition) is 3. The summed E-state index contributed by atoms with van der Waals surface area (Å²) in [6, 6.07) is 9.55. The lowest BCUT2D eigenvalue weighted by atomic mass is 10.1. The molecule has 4 rings (SSSR count). The van der Waals surface area contributed by atoms with Crippen LogP contribution >= 0.6 is 0 Å². The molecule has 1 aliphatic rings. The highest BCUT2D eigenvalue weighted by molar-refractivity contribution is 7.86. The van der Waals surface area contributed by atoms with Crippen molar-refractivity contribution in [2.75, 3.05) is 24.8 Å². The molecule has 0 radical (unpaired) electrons. The van der Waals surface area contributed by atoms with Gasteiger partial charge in [-0.05, 0) is 74.5 Å². The predicted octanol–water partition coefficient (Wildman–Crippen LogP) is 3.11. The Balaban J connectivity index is 1.61. The maximum absolute atomic E-state index is 13.2. The van der Waals surface area contributed by atoms with Gasteiger partial charge in [-0.25, -0.2) is 14.6 Å². The summed E-state index contributed by atoms with van der Waals surface area (Å²) in [4.78, 5) is 35.1. The molecule has 248 valence electrons. The normalized spacial score (nSPS) is 14.9. The summed E-state index contributed by atoms with van der Waals surface area (Å²) in [7, 11) is -8.90. The van der Waals surface area contributed by atoms with Gasteiger partial charge in [-0.1, -0.05) is 18.2 Å². The molecule has 0 aliphatic carbocycles. The van der Waals surface area contributed by atoms with Crippen molar-refractivity contribution in [2.45, 2.75) is 23.6 Å². The summed E-state index contributed by atoms with van der Waals surface area (Å²) in [5.41, 5.74) is 0.441. The molecule has 2 aromatic carbocycles. The number of nitrogens with zero attached hydrogens (tertiary/aromatic N) is 4.